The first-order chi connectivity index (χ1) is 9.00. The van der Waals surface area contributed by atoms with Crippen molar-refractivity contribution in [2.24, 2.45) is 7.05 Å². The lowest BCUT2D eigenvalue weighted by molar-refractivity contribution is 0.0246. The van der Waals surface area contributed by atoms with Crippen LogP contribution in [0.15, 0.2) is 6.20 Å². The van der Waals surface area contributed by atoms with Crippen LogP contribution in [-0.2, 0) is 7.05 Å². The molecule has 0 radical (unpaired) electrons. The largest absolute Gasteiger partial charge is 0.396 e. The fourth-order valence-electron chi connectivity index (χ4n) is 2.58. The molecule has 6 nitrogen and oxygen atoms in total. The van der Waals surface area contributed by atoms with Gasteiger partial charge in [-0.05, 0) is 12.8 Å². The Bertz CT molecular complexity index is 447. The molecule has 1 amide bonds. The minimum Gasteiger partial charge on any atom is -0.396 e. The predicted molar refractivity (Wildman–Crippen MR) is 72.6 cm³/mol. The summed E-state index contributed by atoms with van der Waals surface area (Å²) in [5.41, 5.74) is 5.50. The van der Waals surface area contributed by atoms with Crippen LogP contribution in [0.2, 0.25) is 0 Å². The molecule has 1 saturated carbocycles. The van der Waals surface area contributed by atoms with Crippen molar-refractivity contribution in [3.05, 3.63) is 11.9 Å². The van der Waals surface area contributed by atoms with Gasteiger partial charge in [-0.25, -0.2) is 0 Å². The van der Waals surface area contributed by atoms with E-state index in [1.165, 1.54) is 4.68 Å². The van der Waals surface area contributed by atoms with Gasteiger partial charge in [0, 0.05) is 19.8 Å². The Morgan fingerprint density at radius 3 is 2.63 bits per heavy atom. The molecule has 106 valence electrons. The van der Waals surface area contributed by atoms with Gasteiger partial charge in [0.15, 0.2) is 5.69 Å². The first-order valence-corrected chi connectivity index (χ1v) is 6.80. The van der Waals surface area contributed by atoms with E-state index in [-0.39, 0.29) is 18.1 Å². The maximum absolute atomic E-state index is 12.0. The van der Waals surface area contributed by atoms with Gasteiger partial charge in [-0.3, -0.25) is 9.48 Å². The summed E-state index contributed by atoms with van der Waals surface area (Å²) >= 11 is 0. The molecule has 0 saturated heterocycles. The highest BCUT2D eigenvalue weighted by atomic mass is 16.3. The molecule has 1 aromatic heterocycles. The first kappa shape index (κ1) is 13.9. The zero-order valence-corrected chi connectivity index (χ0v) is 11.4. The quantitative estimate of drug-likeness (QED) is 0.706. The number of rotatable bonds is 3. The van der Waals surface area contributed by atoms with E-state index >= 15 is 0 Å². The minimum atomic E-state index is -0.782. The van der Waals surface area contributed by atoms with Crippen LogP contribution in [0, 0.1) is 0 Å². The van der Waals surface area contributed by atoms with Crippen molar-refractivity contribution in [1.82, 2.24) is 15.1 Å². The van der Waals surface area contributed by atoms with Crippen LogP contribution >= 0.6 is 0 Å². The molecule has 1 fully saturated rings. The monoisotopic (exact) mass is 266 g/mol. The van der Waals surface area contributed by atoms with Crippen molar-refractivity contribution in [1.29, 1.82) is 0 Å². The molecule has 19 heavy (non-hydrogen) atoms. The van der Waals surface area contributed by atoms with Gasteiger partial charge in [-0.15, -0.1) is 0 Å². The second kappa shape index (κ2) is 5.61. The lowest BCUT2D eigenvalue weighted by Crippen LogP contribution is -2.42. The molecule has 0 bridgehead atoms. The fraction of sp³-hybridized carbons (Fsp3) is 0.692. The summed E-state index contributed by atoms with van der Waals surface area (Å²) in [5.74, 6) is -0.323. The number of carbonyl (C=O) groups excluding carboxylic acids is 1. The first-order valence-electron chi connectivity index (χ1n) is 6.80. The van der Waals surface area contributed by atoms with Crippen LogP contribution in [0.25, 0.3) is 0 Å². The van der Waals surface area contributed by atoms with Gasteiger partial charge in [0.2, 0.25) is 0 Å². The Labute approximate surface area is 113 Å². The van der Waals surface area contributed by atoms with Crippen LogP contribution in [0.3, 0.4) is 0 Å². The SMILES string of the molecule is Cn1cc(N)c(C(=O)NCC2(O)CCCCCC2)n1. The Morgan fingerprint density at radius 2 is 2.11 bits per heavy atom. The number of aromatic nitrogens is 2. The third-order valence-corrected chi connectivity index (χ3v) is 3.68. The van der Waals surface area contributed by atoms with E-state index in [1.54, 1.807) is 13.2 Å². The van der Waals surface area contributed by atoms with E-state index < -0.39 is 5.60 Å². The number of hydrogen-bond donors (Lipinski definition) is 3. The number of nitrogens with one attached hydrogen (secondary N) is 1. The number of nitrogen functional groups attached to an aromatic ring is 1. The van der Waals surface area contributed by atoms with Gasteiger partial charge in [-0.2, -0.15) is 5.10 Å². The zero-order chi connectivity index (χ0) is 13.9. The molecule has 1 heterocycles. The van der Waals surface area contributed by atoms with Crippen LogP contribution < -0.4 is 11.1 Å². The Kier molecular flexibility index (Phi) is 4.09. The smallest absolute Gasteiger partial charge is 0.274 e. The van der Waals surface area contributed by atoms with Crippen molar-refractivity contribution in [3.63, 3.8) is 0 Å². The lowest BCUT2D eigenvalue weighted by atomic mass is 9.94. The van der Waals surface area contributed by atoms with Crippen molar-refractivity contribution >= 4 is 11.6 Å². The second-order valence-corrected chi connectivity index (χ2v) is 5.43. The molecular formula is C13H22N4O2. The highest BCUT2D eigenvalue weighted by Gasteiger charge is 2.29. The van der Waals surface area contributed by atoms with Gasteiger partial charge in [0.05, 0.1) is 11.3 Å². The van der Waals surface area contributed by atoms with Gasteiger partial charge in [0.25, 0.3) is 5.91 Å². The Hall–Kier alpha value is -1.56. The molecule has 2 rings (SSSR count). The van der Waals surface area contributed by atoms with Crippen LogP contribution in [0.4, 0.5) is 5.69 Å². The molecule has 0 aromatic carbocycles. The number of aliphatic hydroxyl groups is 1. The van der Waals surface area contributed by atoms with Gasteiger partial charge in [-0.1, -0.05) is 25.7 Å². The Balaban J connectivity index is 1.94. The number of hydrogen-bond acceptors (Lipinski definition) is 4. The molecule has 1 aromatic rings. The minimum absolute atomic E-state index is 0.222. The van der Waals surface area contributed by atoms with Gasteiger partial charge >= 0.3 is 0 Å². The van der Waals surface area contributed by atoms with Gasteiger partial charge in [0.1, 0.15) is 0 Å². The summed E-state index contributed by atoms with van der Waals surface area (Å²) in [7, 11) is 1.71. The summed E-state index contributed by atoms with van der Waals surface area (Å²) in [6, 6.07) is 0. The van der Waals surface area contributed by atoms with E-state index in [4.69, 9.17) is 5.73 Å². The third kappa shape index (κ3) is 3.47. The number of aryl methyl sites for hydroxylation is 1. The van der Waals surface area contributed by atoms with Crippen molar-refractivity contribution in [3.8, 4) is 0 Å². The van der Waals surface area contributed by atoms with Gasteiger partial charge < -0.3 is 16.2 Å². The van der Waals surface area contributed by atoms with E-state index in [0.717, 1.165) is 38.5 Å². The number of anilines is 1. The zero-order valence-electron chi connectivity index (χ0n) is 11.4. The highest BCUT2D eigenvalue weighted by Crippen LogP contribution is 2.26. The number of nitrogens with two attached hydrogens (primary N) is 1. The van der Waals surface area contributed by atoms with E-state index in [1.807, 2.05) is 0 Å². The maximum atomic E-state index is 12.0. The lowest BCUT2D eigenvalue weighted by Gasteiger charge is -2.26. The molecule has 1 aliphatic carbocycles. The van der Waals surface area contributed by atoms with E-state index in [0.29, 0.717) is 5.69 Å². The van der Waals surface area contributed by atoms with Crippen molar-refractivity contribution in [2.45, 2.75) is 44.1 Å². The standard InChI is InChI=1S/C13H22N4O2/c1-17-8-10(14)11(16-17)12(18)15-9-13(19)6-4-2-3-5-7-13/h8,19H,2-7,9,14H2,1H3,(H,15,18). The fourth-order valence-corrected chi connectivity index (χ4v) is 2.58. The molecule has 0 spiro atoms. The van der Waals surface area contributed by atoms with Crippen LogP contribution in [-0.4, -0.2) is 32.9 Å². The summed E-state index contributed by atoms with van der Waals surface area (Å²) < 4.78 is 1.50. The summed E-state index contributed by atoms with van der Waals surface area (Å²) in [6.07, 6.45) is 7.41. The number of nitrogens with zero attached hydrogens (tertiary/aromatic N) is 2. The number of amides is 1. The normalized spacial score (nSPS) is 18.8. The highest BCUT2D eigenvalue weighted by molar-refractivity contribution is 5.97. The maximum Gasteiger partial charge on any atom is 0.274 e. The van der Waals surface area contributed by atoms with E-state index in [2.05, 4.69) is 10.4 Å². The number of carbonyl (C=O) groups is 1. The van der Waals surface area contributed by atoms with Crippen LogP contribution in [0.5, 0.6) is 0 Å². The molecule has 6 heteroatoms. The summed E-state index contributed by atoms with van der Waals surface area (Å²) in [4.78, 5) is 12.0. The predicted octanol–water partition coefficient (Wildman–Crippen LogP) is 0.817. The average molecular weight is 266 g/mol. The average Bonchev–Trinajstić information content (AvgIpc) is 2.58. The van der Waals surface area contributed by atoms with Crippen molar-refractivity contribution in [2.75, 3.05) is 12.3 Å². The molecule has 1 aliphatic rings. The van der Waals surface area contributed by atoms with Crippen LogP contribution in [0.1, 0.15) is 49.0 Å². The summed E-state index contributed by atoms with van der Waals surface area (Å²) in [6.45, 7) is 0.266. The molecule has 0 atom stereocenters. The second-order valence-electron chi connectivity index (χ2n) is 5.43. The Morgan fingerprint density at radius 1 is 1.47 bits per heavy atom. The molecule has 0 unspecified atom stereocenters. The topological polar surface area (TPSA) is 93.2 Å². The van der Waals surface area contributed by atoms with Crippen molar-refractivity contribution < 1.29 is 9.90 Å². The molecular weight excluding hydrogens is 244 g/mol. The summed E-state index contributed by atoms with van der Waals surface area (Å²) in [5, 5.41) is 17.2. The van der Waals surface area contributed by atoms with E-state index in [9.17, 15) is 9.90 Å². The molecule has 4 N–H and O–H groups in total. The third-order valence-electron chi connectivity index (χ3n) is 3.68. The molecule has 0 aliphatic heterocycles.